The molecule has 29 heavy (non-hydrogen) atoms. The Bertz CT molecular complexity index is 1070. The highest BCUT2D eigenvalue weighted by molar-refractivity contribution is 5.95. The van der Waals surface area contributed by atoms with Crippen LogP contribution >= 0.6 is 0 Å². The van der Waals surface area contributed by atoms with Crippen LogP contribution in [0.15, 0.2) is 54.6 Å². The van der Waals surface area contributed by atoms with Crippen molar-refractivity contribution in [3.63, 3.8) is 0 Å². The molecule has 0 saturated heterocycles. The molecule has 1 aromatic heterocycles. The van der Waals surface area contributed by atoms with Gasteiger partial charge in [0.1, 0.15) is 0 Å². The van der Waals surface area contributed by atoms with Crippen molar-refractivity contribution in [1.82, 2.24) is 14.7 Å². The summed E-state index contributed by atoms with van der Waals surface area (Å²) in [4.78, 5) is 26.4. The Morgan fingerprint density at radius 2 is 1.83 bits per heavy atom. The van der Waals surface area contributed by atoms with Gasteiger partial charge in [-0.1, -0.05) is 36.4 Å². The molecule has 0 spiro atoms. The Hall–Kier alpha value is -3.41. The number of amides is 1. The maximum absolute atomic E-state index is 13.0. The standard InChI is InChI=1S/C23H23N3O3/c1-15-11-16(2)26(24-15)12-17-7-9-18(10-8-17)22(27)25-13-19-5-3-4-6-20(19)21(14-25)23(28)29/h3-11,21H,12-14H2,1-2H3,(H,28,29). The summed E-state index contributed by atoms with van der Waals surface area (Å²) in [6.45, 7) is 5.23. The lowest BCUT2D eigenvalue weighted by Gasteiger charge is -2.33. The molecule has 1 unspecified atom stereocenters. The number of aliphatic carboxylic acids is 1. The Morgan fingerprint density at radius 3 is 2.48 bits per heavy atom. The van der Waals surface area contributed by atoms with E-state index < -0.39 is 11.9 Å². The van der Waals surface area contributed by atoms with Gasteiger partial charge in [0.15, 0.2) is 0 Å². The number of benzene rings is 2. The van der Waals surface area contributed by atoms with E-state index in [9.17, 15) is 14.7 Å². The van der Waals surface area contributed by atoms with Crippen LogP contribution in [0.25, 0.3) is 0 Å². The smallest absolute Gasteiger partial charge is 0.312 e. The van der Waals surface area contributed by atoms with Gasteiger partial charge >= 0.3 is 5.97 Å². The van der Waals surface area contributed by atoms with Crippen LogP contribution in [0.4, 0.5) is 0 Å². The molecular weight excluding hydrogens is 366 g/mol. The van der Waals surface area contributed by atoms with Gasteiger partial charge in [0.05, 0.1) is 18.2 Å². The van der Waals surface area contributed by atoms with Crippen LogP contribution in [0.3, 0.4) is 0 Å². The molecule has 1 atom stereocenters. The first-order chi connectivity index (χ1) is 13.9. The highest BCUT2D eigenvalue weighted by Crippen LogP contribution is 2.29. The van der Waals surface area contributed by atoms with Crippen molar-refractivity contribution in [2.45, 2.75) is 32.9 Å². The van der Waals surface area contributed by atoms with Gasteiger partial charge in [0.25, 0.3) is 5.91 Å². The van der Waals surface area contributed by atoms with Gasteiger partial charge in [0, 0.05) is 24.3 Å². The molecule has 6 heteroatoms. The lowest BCUT2D eigenvalue weighted by molar-refractivity contribution is -0.139. The molecule has 0 radical (unpaired) electrons. The molecule has 1 aliphatic rings. The third-order valence-electron chi connectivity index (χ3n) is 5.42. The Balaban J connectivity index is 1.52. The number of fused-ring (bicyclic) bond motifs is 1. The summed E-state index contributed by atoms with van der Waals surface area (Å²) in [7, 11) is 0. The molecule has 148 valence electrons. The number of hydrogen-bond donors (Lipinski definition) is 1. The first kappa shape index (κ1) is 18.9. The SMILES string of the molecule is Cc1cc(C)n(Cc2ccc(C(=O)N3Cc4ccccc4C(C(=O)O)C3)cc2)n1. The highest BCUT2D eigenvalue weighted by Gasteiger charge is 2.32. The molecule has 2 heterocycles. The van der Waals surface area contributed by atoms with Gasteiger partial charge < -0.3 is 10.0 Å². The zero-order valence-corrected chi connectivity index (χ0v) is 16.5. The van der Waals surface area contributed by atoms with E-state index in [1.54, 1.807) is 17.0 Å². The summed E-state index contributed by atoms with van der Waals surface area (Å²) >= 11 is 0. The van der Waals surface area contributed by atoms with Crippen molar-refractivity contribution in [2.75, 3.05) is 6.54 Å². The molecule has 0 fully saturated rings. The summed E-state index contributed by atoms with van der Waals surface area (Å²) < 4.78 is 1.94. The normalized spacial score (nSPS) is 15.8. The van der Waals surface area contributed by atoms with Gasteiger partial charge in [-0.2, -0.15) is 5.10 Å². The van der Waals surface area contributed by atoms with Crippen LogP contribution in [-0.4, -0.2) is 38.2 Å². The minimum Gasteiger partial charge on any atom is -0.481 e. The van der Waals surface area contributed by atoms with E-state index in [0.29, 0.717) is 18.7 Å². The molecular formula is C23H23N3O3. The van der Waals surface area contributed by atoms with Crippen LogP contribution in [0.2, 0.25) is 0 Å². The number of carbonyl (C=O) groups is 2. The molecule has 1 N–H and O–H groups in total. The second-order valence-corrected chi connectivity index (χ2v) is 7.56. The molecule has 1 aliphatic heterocycles. The summed E-state index contributed by atoms with van der Waals surface area (Å²) in [5, 5.41) is 14.1. The van der Waals surface area contributed by atoms with E-state index in [4.69, 9.17) is 0 Å². The number of aryl methyl sites for hydroxylation is 2. The number of rotatable bonds is 4. The van der Waals surface area contributed by atoms with Crippen LogP contribution < -0.4 is 0 Å². The average Bonchev–Trinajstić information content (AvgIpc) is 3.03. The molecule has 0 saturated carbocycles. The van der Waals surface area contributed by atoms with Gasteiger partial charge in [-0.3, -0.25) is 14.3 Å². The number of carboxylic acid groups (broad SMARTS) is 1. The van der Waals surface area contributed by atoms with E-state index in [-0.39, 0.29) is 12.5 Å². The second-order valence-electron chi connectivity index (χ2n) is 7.56. The lowest BCUT2D eigenvalue weighted by Crippen LogP contribution is -2.40. The van der Waals surface area contributed by atoms with E-state index in [0.717, 1.165) is 28.1 Å². The van der Waals surface area contributed by atoms with E-state index in [2.05, 4.69) is 5.10 Å². The molecule has 6 nitrogen and oxygen atoms in total. The summed E-state index contributed by atoms with van der Waals surface area (Å²) in [5.41, 5.74) is 5.37. The Kier molecular flexibility index (Phi) is 4.92. The van der Waals surface area contributed by atoms with Gasteiger partial charge in [-0.25, -0.2) is 0 Å². The number of nitrogens with zero attached hydrogens (tertiary/aromatic N) is 3. The van der Waals surface area contributed by atoms with Crippen molar-refractivity contribution < 1.29 is 14.7 Å². The van der Waals surface area contributed by atoms with Crippen molar-refractivity contribution in [3.8, 4) is 0 Å². The average molecular weight is 389 g/mol. The van der Waals surface area contributed by atoms with Crippen LogP contribution in [0, 0.1) is 13.8 Å². The summed E-state index contributed by atoms with van der Waals surface area (Å²) in [6.07, 6.45) is 0. The minimum absolute atomic E-state index is 0.150. The summed E-state index contributed by atoms with van der Waals surface area (Å²) in [5.74, 6) is -1.76. The molecule has 3 aromatic rings. The number of carbonyl (C=O) groups excluding carboxylic acids is 1. The number of carboxylic acids is 1. The molecule has 0 aliphatic carbocycles. The Morgan fingerprint density at radius 1 is 1.10 bits per heavy atom. The van der Waals surface area contributed by atoms with Crippen LogP contribution in [0.1, 0.15) is 44.4 Å². The fourth-order valence-corrected chi connectivity index (χ4v) is 3.92. The van der Waals surface area contributed by atoms with E-state index >= 15 is 0 Å². The zero-order chi connectivity index (χ0) is 20.5. The zero-order valence-electron chi connectivity index (χ0n) is 16.5. The van der Waals surface area contributed by atoms with Gasteiger partial charge in [-0.05, 0) is 48.7 Å². The number of aromatic nitrogens is 2. The lowest BCUT2D eigenvalue weighted by atomic mass is 9.89. The van der Waals surface area contributed by atoms with Crippen molar-refractivity contribution >= 4 is 11.9 Å². The summed E-state index contributed by atoms with van der Waals surface area (Å²) in [6, 6.07) is 16.9. The molecule has 1 amide bonds. The quantitative estimate of drug-likeness (QED) is 0.742. The van der Waals surface area contributed by atoms with Gasteiger partial charge in [-0.15, -0.1) is 0 Å². The molecule has 4 rings (SSSR count). The Labute approximate surface area is 169 Å². The number of hydrogen-bond acceptors (Lipinski definition) is 3. The first-order valence-corrected chi connectivity index (χ1v) is 9.62. The van der Waals surface area contributed by atoms with Crippen molar-refractivity contribution in [3.05, 3.63) is 88.2 Å². The predicted octanol–water partition coefficient (Wildman–Crippen LogP) is 3.37. The maximum atomic E-state index is 13.0. The first-order valence-electron chi connectivity index (χ1n) is 9.62. The topological polar surface area (TPSA) is 75.4 Å². The highest BCUT2D eigenvalue weighted by atomic mass is 16.4. The van der Waals surface area contributed by atoms with E-state index in [1.165, 1.54) is 0 Å². The largest absolute Gasteiger partial charge is 0.481 e. The minimum atomic E-state index is -0.907. The monoisotopic (exact) mass is 389 g/mol. The second kappa shape index (κ2) is 7.54. The van der Waals surface area contributed by atoms with Crippen molar-refractivity contribution in [1.29, 1.82) is 0 Å². The fourth-order valence-electron chi connectivity index (χ4n) is 3.92. The third kappa shape index (κ3) is 3.78. The van der Waals surface area contributed by atoms with Crippen LogP contribution in [-0.2, 0) is 17.9 Å². The predicted molar refractivity (Wildman–Crippen MR) is 109 cm³/mol. The maximum Gasteiger partial charge on any atom is 0.312 e. The van der Waals surface area contributed by atoms with E-state index in [1.807, 2.05) is 61.0 Å². The van der Waals surface area contributed by atoms with Gasteiger partial charge in [0.2, 0.25) is 0 Å². The van der Waals surface area contributed by atoms with Crippen LogP contribution in [0.5, 0.6) is 0 Å². The fraction of sp³-hybridized carbons (Fsp3) is 0.261. The van der Waals surface area contributed by atoms with Crippen molar-refractivity contribution in [2.24, 2.45) is 0 Å². The molecule has 2 aromatic carbocycles. The molecule has 0 bridgehead atoms. The third-order valence-corrected chi connectivity index (χ3v) is 5.42.